The van der Waals surface area contributed by atoms with Gasteiger partial charge in [-0.15, -0.1) is 11.3 Å². The van der Waals surface area contributed by atoms with Crippen LogP contribution >= 0.6 is 11.3 Å². The zero-order valence-electron chi connectivity index (χ0n) is 37.9. The molecule has 0 spiro atoms. The van der Waals surface area contributed by atoms with Crippen molar-refractivity contribution in [2.75, 3.05) is 5.32 Å². The molecular weight excluding hydrogens is 911 g/mol. The molecule has 2 aliphatic rings. The molecule has 0 fully saturated rings. The Balaban J connectivity index is 1.26. The van der Waals surface area contributed by atoms with E-state index in [1.807, 2.05) is 42.5 Å². The number of hydrogen-bond acceptors (Lipinski definition) is 10. The second-order valence-corrected chi connectivity index (χ2v) is 18.2. The van der Waals surface area contributed by atoms with Crippen molar-refractivity contribution in [3.63, 3.8) is 0 Å². The number of ketones is 1. The second-order valence-electron chi connectivity index (χ2n) is 17.2. The van der Waals surface area contributed by atoms with Crippen molar-refractivity contribution < 1.29 is 48.9 Å². The van der Waals surface area contributed by atoms with Crippen molar-refractivity contribution in [3.05, 3.63) is 184 Å². The van der Waals surface area contributed by atoms with E-state index in [-0.39, 0.29) is 37.8 Å². The highest BCUT2D eigenvalue weighted by Gasteiger charge is 2.36. The first kappa shape index (κ1) is 50.1. The molecule has 0 aliphatic carbocycles. The Labute approximate surface area is 408 Å². The van der Waals surface area contributed by atoms with Gasteiger partial charge in [0.2, 0.25) is 17.7 Å². The summed E-state index contributed by atoms with van der Waals surface area (Å²) in [5.41, 5.74) is 4.48. The molecular formula is C54H53N5O10S. The van der Waals surface area contributed by atoms with E-state index in [2.05, 4.69) is 26.6 Å². The minimum absolute atomic E-state index is 0.0103. The molecule has 2 aliphatic heterocycles. The number of Topliss-reactive ketones (excluding diaryl/α,β-unsaturated/α-hetero) is 1. The van der Waals surface area contributed by atoms with Gasteiger partial charge in [0.1, 0.15) is 18.1 Å². The fourth-order valence-corrected chi connectivity index (χ4v) is 8.89. The summed E-state index contributed by atoms with van der Waals surface area (Å²) in [7, 11) is 0. The Morgan fingerprint density at radius 2 is 1.09 bits per heavy atom. The van der Waals surface area contributed by atoms with Crippen LogP contribution in [0, 0.1) is 5.92 Å². The van der Waals surface area contributed by atoms with Gasteiger partial charge in [0.15, 0.2) is 18.0 Å². The van der Waals surface area contributed by atoms with Gasteiger partial charge in [-0.3, -0.25) is 28.8 Å². The van der Waals surface area contributed by atoms with E-state index in [1.54, 1.807) is 102 Å². The van der Waals surface area contributed by atoms with E-state index >= 15 is 0 Å². The van der Waals surface area contributed by atoms with Crippen molar-refractivity contribution in [3.8, 4) is 11.1 Å². The number of aliphatic hydroxyl groups excluding tert-OH is 2. The standard InChI is InChI=1S/C54H53N5O10S/c60-46-31-39(49(63)59-45(54(68)69)30-34-13-6-2-7-14-34)27-35-20-24-40(25-21-35)55-52(66)47(61)48(62)53(67)58-44(32-41-17-10-26-70-41)51(65)57-43(50(64)56-42(46)28-33-11-4-1-5-12-33)29-36-18-22-38(23-19-36)37-15-8-3-9-16-37/h1-26,39,42-45,47-48,61-62H,27-32H2,(H,55,66)(H,56,64)(H,57,65)(H,58,67)(H,59,63)(H,68,69)/t39-,42+,43-,44+,45-,47+,48+/m0/s1. The fraction of sp³-hybridized carbons (Fsp3) is 0.241. The Morgan fingerprint density at radius 1 is 0.557 bits per heavy atom. The number of benzene rings is 5. The average molecular weight is 964 g/mol. The molecule has 7 atom stereocenters. The molecule has 1 aromatic heterocycles. The number of amides is 5. The van der Waals surface area contributed by atoms with Gasteiger partial charge in [-0.1, -0.05) is 133 Å². The molecule has 0 radical (unpaired) electrons. The number of aliphatic hydroxyl groups is 2. The topological polar surface area (TPSA) is 240 Å². The highest BCUT2D eigenvalue weighted by atomic mass is 32.1. The predicted octanol–water partition coefficient (Wildman–Crippen LogP) is 4.20. The van der Waals surface area contributed by atoms with Gasteiger partial charge < -0.3 is 41.9 Å². The Bertz CT molecular complexity index is 2740. The maximum atomic E-state index is 14.8. The van der Waals surface area contributed by atoms with E-state index in [0.717, 1.165) is 11.1 Å². The Morgan fingerprint density at radius 3 is 1.70 bits per heavy atom. The van der Waals surface area contributed by atoms with Gasteiger partial charge in [0.25, 0.3) is 11.8 Å². The lowest BCUT2D eigenvalue weighted by Gasteiger charge is -2.27. The number of carbonyl (C=O) groups excluding carboxylic acids is 6. The lowest BCUT2D eigenvalue weighted by molar-refractivity contribution is -0.144. The smallest absolute Gasteiger partial charge is 0.326 e. The Kier molecular flexibility index (Phi) is 17.2. The number of nitrogens with one attached hydrogen (secondary N) is 5. The lowest BCUT2D eigenvalue weighted by atomic mass is 9.89. The summed E-state index contributed by atoms with van der Waals surface area (Å²) in [6, 6.07) is 38.7. The summed E-state index contributed by atoms with van der Waals surface area (Å²) in [6.45, 7) is 0. The van der Waals surface area contributed by atoms with Crippen LogP contribution in [0.25, 0.3) is 11.1 Å². The summed E-state index contributed by atoms with van der Waals surface area (Å²) >= 11 is 1.29. The highest BCUT2D eigenvalue weighted by molar-refractivity contribution is 7.09. The van der Waals surface area contributed by atoms with Crippen LogP contribution in [0.3, 0.4) is 0 Å². The number of rotatable bonds is 12. The van der Waals surface area contributed by atoms with Crippen LogP contribution in [-0.4, -0.2) is 93.0 Å². The van der Waals surface area contributed by atoms with Crippen molar-refractivity contribution >= 4 is 58.3 Å². The van der Waals surface area contributed by atoms with Crippen molar-refractivity contribution in [1.82, 2.24) is 21.3 Å². The monoisotopic (exact) mass is 963 g/mol. The van der Waals surface area contributed by atoms with Crippen LogP contribution in [0.1, 0.15) is 33.6 Å². The third-order valence-corrected chi connectivity index (χ3v) is 12.9. The first-order valence-electron chi connectivity index (χ1n) is 22.8. The molecule has 8 rings (SSSR count). The van der Waals surface area contributed by atoms with Crippen LogP contribution in [-0.2, 0) is 65.7 Å². The van der Waals surface area contributed by atoms with E-state index < -0.39 is 90.0 Å². The summed E-state index contributed by atoms with van der Waals surface area (Å²) in [6.07, 6.45) is -5.37. The predicted molar refractivity (Wildman–Crippen MR) is 263 cm³/mol. The van der Waals surface area contributed by atoms with Crippen molar-refractivity contribution in [2.45, 2.75) is 74.9 Å². The number of carboxylic acid groups (broad SMARTS) is 1. The van der Waals surface area contributed by atoms with Crippen molar-refractivity contribution in [2.24, 2.45) is 5.92 Å². The summed E-state index contributed by atoms with van der Waals surface area (Å²) in [5, 5.41) is 47.0. The van der Waals surface area contributed by atoms with Gasteiger partial charge in [0.05, 0.1) is 6.04 Å². The first-order chi connectivity index (χ1) is 33.8. The fourth-order valence-electron chi connectivity index (χ4n) is 8.14. The number of thiophene rings is 1. The zero-order valence-corrected chi connectivity index (χ0v) is 38.7. The number of fused-ring (bicyclic) bond motifs is 18. The highest BCUT2D eigenvalue weighted by Crippen LogP contribution is 2.22. The van der Waals surface area contributed by atoms with Crippen LogP contribution in [0.2, 0.25) is 0 Å². The first-order valence-corrected chi connectivity index (χ1v) is 23.6. The molecule has 16 heteroatoms. The zero-order chi connectivity index (χ0) is 49.6. The second kappa shape index (κ2) is 24.0. The van der Waals surface area contributed by atoms with E-state index in [4.69, 9.17) is 0 Å². The van der Waals surface area contributed by atoms with Crippen LogP contribution in [0.4, 0.5) is 5.69 Å². The van der Waals surface area contributed by atoms with Crippen LogP contribution < -0.4 is 26.6 Å². The molecule has 360 valence electrons. The van der Waals surface area contributed by atoms with Gasteiger partial charge in [0, 0.05) is 42.2 Å². The summed E-state index contributed by atoms with van der Waals surface area (Å²) < 4.78 is 0. The molecule has 5 aromatic carbocycles. The van der Waals surface area contributed by atoms with Gasteiger partial charge in [-0.25, -0.2) is 4.79 Å². The number of anilines is 1. The number of aliphatic carboxylic acids is 1. The SMILES string of the molecule is O=C(N[C@@H](Cc1ccccc1)C(=O)O)[C@@H]1CC(=O)[C@@H](Cc2ccccc2)NC(=O)[C@H](Cc2ccc(-c3ccccc3)cc2)NC(=O)[C@@H](Cc2cccs2)NC(=O)[C@H](O)[C@@H](O)C(=O)Nc2ccc(cc2)C1. The Hall–Kier alpha value is -7.79. The van der Waals surface area contributed by atoms with E-state index in [1.165, 1.54) is 23.5 Å². The third kappa shape index (κ3) is 13.9. The molecule has 15 nitrogen and oxygen atoms in total. The lowest BCUT2D eigenvalue weighted by Crippen LogP contribution is -2.59. The van der Waals surface area contributed by atoms with Crippen molar-refractivity contribution in [1.29, 1.82) is 0 Å². The number of carbonyl (C=O) groups is 7. The minimum atomic E-state index is -2.32. The number of carboxylic acids is 1. The minimum Gasteiger partial charge on any atom is -0.480 e. The largest absolute Gasteiger partial charge is 0.480 e. The summed E-state index contributed by atoms with van der Waals surface area (Å²) in [4.78, 5) is 98.3. The molecule has 0 unspecified atom stereocenters. The van der Waals surface area contributed by atoms with Crippen LogP contribution in [0.5, 0.6) is 0 Å². The normalized spacial score (nSPS) is 21.0. The molecule has 0 saturated carbocycles. The van der Waals surface area contributed by atoms with Gasteiger partial charge >= 0.3 is 5.97 Å². The number of hydrogen-bond donors (Lipinski definition) is 8. The molecule has 8 N–H and O–H groups in total. The quantitative estimate of drug-likeness (QED) is 0.0814. The maximum absolute atomic E-state index is 14.8. The molecule has 3 heterocycles. The average Bonchev–Trinajstić information content (AvgIpc) is 3.89. The molecule has 5 amide bonds. The van der Waals surface area contributed by atoms with Gasteiger partial charge in [-0.05, 0) is 69.8 Å². The third-order valence-electron chi connectivity index (χ3n) is 12.0. The summed E-state index contributed by atoms with van der Waals surface area (Å²) in [5.74, 6) is -7.71. The van der Waals surface area contributed by atoms with E-state index in [0.29, 0.717) is 27.1 Å². The molecule has 70 heavy (non-hydrogen) atoms. The van der Waals surface area contributed by atoms with Gasteiger partial charge in [-0.2, -0.15) is 0 Å². The maximum Gasteiger partial charge on any atom is 0.326 e. The van der Waals surface area contributed by atoms with Crippen LogP contribution in [0.15, 0.2) is 157 Å². The molecule has 6 aromatic rings. The molecule has 0 saturated heterocycles. The molecule has 2 bridgehead atoms. The van der Waals surface area contributed by atoms with E-state index in [9.17, 15) is 48.9 Å².